The van der Waals surface area contributed by atoms with Gasteiger partial charge in [-0.3, -0.25) is 4.79 Å². The molecule has 7 nitrogen and oxygen atoms in total. The van der Waals surface area contributed by atoms with Gasteiger partial charge >= 0.3 is 0 Å². The van der Waals surface area contributed by atoms with Gasteiger partial charge in [0, 0.05) is 19.7 Å². The number of hydrogen-bond acceptors (Lipinski definition) is 6. The molecular weight excluding hydrogens is 368 g/mol. The van der Waals surface area contributed by atoms with E-state index in [-0.39, 0.29) is 30.5 Å². The molecule has 1 N–H and O–H groups in total. The fraction of sp³-hybridized carbons (Fsp3) is 0.842. The van der Waals surface area contributed by atoms with Gasteiger partial charge in [0.2, 0.25) is 11.8 Å². The third-order valence-corrected chi connectivity index (χ3v) is 5.44. The standard InChI is InChI=1S/C19H32N4O3.ClH/c1-12(2)11-25-13(3)18-21-17(26-22-18)10-23(4)19(24)16-9-14-7-5-6-8-15(14)20-16;/h12-16,20H,5-11H2,1-4H3;1H. The zero-order chi connectivity index (χ0) is 18.7. The van der Waals surface area contributed by atoms with Crippen molar-refractivity contribution < 1.29 is 14.1 Å². The van der Waals surface area contributed by atoms with Crippen LogP contribution >= 0.6 is 12.4 Å². The lowest BCUT2D eigenvalue weighted by molar-refractivity contribution is -0.132. The van der Waals surface area contributed by atoms with Crippen LogP contribution in [0.4, 0.5) is 0 Å². The summed E-state index contributed by atoms with van der Waals surface area (Å²) in [7, 11) is 1.80. The van der Waals surface area contributed by atoms with E-state index < -0.39 is 0 Å². The van der Waals surface area contributed by atoms with Crippen molar-refractivity contribution in [1.82, 2.24) is 20.4 Å². The number of aromatic nitrogens is 2. The van der Waals surface area contributed by atoms with Gasteiger partial charge in [-0.05, 0) is 38.0 Å². The Bertz CT molecular complexity index is 596. The lowest BCUT2D eigenvalue weighted by atomic mass is 9.85. The summed E-state index contributed by atoms with van der Waals surface area (Å²) in [5, 5.41) is 7.53. The van der Waals surface area contributed by atoms with Crippen molar-refractivity contribution in [2.75, 3.05) is 13.7 Å². The Hall–Kier alpha value is -1.18. The van der Waals surface area contributed by atoms with Crippen LogP contribution in [0.15, 0.2) is 4.52 Å². The van der Waals surface area contributed by atoms with E-state index in [0.717, 1.165) is 6.42 Å². The molecule has 0 bridgehead atoms. The predicted molar refractivity (Wildman–Crippen MR) is 105 cm³/mol. The zero-order valence-corrected chi connectivity index (χ0v) is 17.6. The molecule has 2 fully saturated rings. The predicted octanol–water partition coefficient (Wildman–Crippen LogP) is 3.10. The Labute approximate surface area is 168 Å². The van der Waals surface area contributed by atoms with Crippen LogP contribution in [0.1, 0.15) is 70.7 Å². The molecule has 0 aromatic carbocycles. The SMILES string of the molecule is CC(C)COC(C)c1noc(CN(C)C(=O)C2CC3CCCCC3N2)n1.Cl. The Morgan fingerprint density at radius 2 is 2.07 bits per heavy atom. The topological polar surface area (TPSA) is 80.5 Å². The van der Waals surface area contributed by atoms with Crippen LogP contribution < -0.4 is 5.32 Å². The summed E-state index contributed by atoms with van der Waals surface area (Å²) in [5.74, 6) is 2.20. The minimum absolute atomic E-state index is 0. The molecule has 4 unspecified atom stereocenters. The van der Waals surface area contributed by atoms with Crippen LogP contribution in [-0.2, 0) is 16.1 Å². The maximum Gasteiger partial charge on any atom is 0.246 e. The van der Waals surface area contributed by atoms with Gasteiger partial charge in [0.15, 0.2) is 5.82 Å². The largest absolute Gasteiger partial charge is 0.370 e. The second kappa shape index (κ2) is 9.85. The highest BCUT2D eigenvalue weighted by Crippen LogP contribution is 2.33. The minimum atomic E-state index is -0.212. The first-order valence-electron chi connectivity index (χ1n) is 9.89. The molecule has 1 aromatic rings. The third-order valence-electron chi connectivity index (χ3n) is 5.44. The number of carbonyl (C=O) groups excluding carboxylic acids is 1. The molecule has 154 valence electrons. The number of likely N-dealkylation sites (N-methyl/N-ethyl adjacent to an activating group) is 1. The van der Waals surface area contributed by atoms with E-state index in [2.05, 4.69) is 29.3 Å². The van der Waals surface area contributed by atoms with Crippen molar-refractivity contribution in [3.8, 4) is 0 Å². The minimum Gasteiger partial charge on any atom is -0.370 e. The van der Waals surface area contributed by atoms with Crippen molar-refractivity contribution in [1.29, 1.82) is 0 Å². The number of nitrogens with zero attached hydrogens (tertiary/aromatic N) is 3. The summed E-state index contributed by atoms with van der Waals surface area (Å²) < 4.78 is 11.0. The van der Waals surface area contributed by atoms with Gasteiger partial charge < -0.3 is 19.5 Å². The van der Waals surface area contributed by atoms with Crippen LogP contribution in [0.2, 0.25) is 0 Å². The number of ether oxygens (including phenoxy) is 1. The average Bonchev–Trinajstić information content (AvgIpc) is 3.25. The van der Waals surface area contributed by atoms with E-state index in [1.807, 2.05) is 6.92 Å². The molecule has 2 aliphatic rings. The normalized spacial score (nSPS) is 25.7. The van der Waals surface area contributed by atoms with E-state index in [1.54, 1.807) is 11.9 Å². The fourth-order valence-electron chi connectivity index (χ4n) is 3.97. The monoisotopic (exact) mass is 400 g/mol. The second-order valence-electron chi connectivity index (χ2n) is 8.22. The summed E-state index contributed by atoms with van der Waals surface area (Å²) >= 11 is 0. The number of hydrogen-bond donors (Lipinski definition) is 1. The molecule has 1 aromatic heterocycles. The number of fused-ring (bicyclic) bond motifs is 1. The van der Waals surface area contributed by atoms with Gasteiger partial charge in [0.05, 0.1) is 12.6 Å². The molecule has 27 heavy (non-hydrogen) atoms. The summed E-state index contributed by atoms with van der Waals surface area (Å²) in [6.45, 7) is 7.09. The first-order chi connectivity index (χ1) is 12.4. The van der Waals surface area contributed by atoms with Crippen LogP contribution in [0.3, 0.4) is 0 Å². The summed E-state index contributed by atoms with van der Waals surface area (Å²) in [4.78, 5) is 18.8. The first kappa shape index (κ1) is 22.1. The molecule has 1 aliphatic carbocycles. The lowest BCUT2D eigenvalue weighted by Gasteiger charge is -2.24. The molecular formula is C19H33ClN4O3. The Balaban J connectivity index is 0.00000261. The average molecular weight is 401 g/mol. The van der Waals surface area contributed by atoms with Crippen LogP contribution in [0.5, 0.6) is 0 Å². The van der Waals surface area contributed by atoms with Crippen LogP contribution in [0, 0.1) is 11.8 Å². The number of halogens is 1. The molecule has 1 amide bonds. The highest BCUT2D eigenvalue weighted by atomic mass is 35.5. The summed E-state index contributed by atoms with van der Waals surface area (Å²) in [6.07, 6.45) is 5.74. The van der Waals surface area contributed by atoms with Gasteiger partial charge in [-0.15, -0.1) is 12.4 Å². The number of nitrogens with one attached hydrogen (secondary N) is 1. The van der Waals surface area contributed by atoms with E-state index in [0.29, 0.717) is 42.7 Å². The zero-order valence-electron chi connectivity index (χ0n) is 16.8. The van der Waals surface area contributed by atoms with Crippen molar-refractivity contribution in [2.45, 2.75) is 77.6 Å². The Morgan fingerprint density at radius 3 is 2.78 bits per heavy atom. The maximum atomic E-state index is 12.8. The highest BCUT2D eigenvalue weighted by Gasteiger charge is 2.39. The van der Waals surface area contributed by atoms with Gasteiger partial charge in [-0.25, -0.2) is 0 Å². The van der Waals surface area contributed by atoms with Crippen molar-refractivity contribution in [2.24, 2.45) is 11.8 Å². The smallest absolute Gasteiger partial charge is 0.246 e. The van der Waals surface area contributed by atoms with E-state index in [9.17, 15) is 4.79 Å². The molecule has 1 saturated carbocycles. The molecule has 3 rings (SSSR count). The van der Waals surface area contributed by atoms with E-state index >= 15 is 0 Å². The molecule has 0 spiro atoms. The lowest BCUT2D eigenvalue weighted by Crippen LogP contribution is -2.43. The summed E-state index contributed by atoms with van der Waals surface area (Å²) in [6, 6.07) is 0.434. The van der Waals surface area contributed by atoms with Crippen LogP contribution in [-0.4, -0.2) is 46.7 Å². The molecule has 1 aliphatic heterocycles. The fourth-order valence-corrected chi connectivity index (χ4v) is 3.97. The Kier molecular flexibility index (Phi) is 8.06. The Morgan fingerprint density at radius 1 is 1.33 bits per heavy atom. The third kappa shape index (κ3) is 5.65. The second-order valence-corrected chi connectivity index (χ2v) is 8.22. The number of carbonyl (C=O) groups is 1. The quantitative estimate of drug-likeness (QED) is 0.757. The maximum absolute atomic E-state index is 12.8. The molecule has 8 heteroatoms. The molecule has 0 radical (unpaired) electrons. The van der Waals surface area contributed by atoms with Crippen molar-refractivity contribution in [3.05, 3.63) is 11.7 Å². The summed E-state index contributed by atoms with van der Waals surface area (Å²) in [5.41, 5.74) is 0. The van der Waals surface area contributed by atoms with Gasteiger partial charge in [0.25, 0.3) is 0 Å². The van der Waals surface area contributed by atoms with Crippen LogP contribution in [0.25, 0.3) is 0 Å². The molecule has 2 heterocycles. The molecule has 4 atom stereocenters. The van der Waals surface area contributed by atoms with E-state index in [1.165, 1.54) is 25.7 Å². The van der Waals surface area contributed by atoms with Crippen molar-refractivity contribution >= 4 is 18.3 Å². The first-order valence-corrected chi connectivity index (χ1v) is 9.89. The highest BCUT2D eigenvalue weighted by molar-refractivity contribution is 5.85. The van der Waals surface area contributed by atoms with Gasteiger partial charge in [0.1, 0.15) is 6.10 Å². The van der Waals surface area contributed by atoms with Gasteiger partial charge in [-0.2, -0.15) is 4.98 Å². The molecule has 1 saturated heterocycles. The number of rotatable bonds is 7. The van der Waals surface area contributed by atoms with Crippen molar-refractivity contribution in [3.63, 3.8) is 0 Å². The van der Waals surface area contributed by atoms with Gasteiger partial charge in [-0.1, -0.05) is 31.8 Å². The number of amides is 1. The van der Waals surface area contributed by atoms with E-state index in [4.69, 9.17) is 9.26 Å².